The Morgan fingerprint density at radius 2 is 1.75 bits per heavy atom. The van der Waals surface area contributed by atoms with Gasteiger partial charge in [-0.2, -0.15) is 0 Å². The Morgan fingerprint density at radius 3 is 2.50 bits per heavy atom. The zero-order valence-corrected chi connectivity index (χ0v) is 15.6. The monoisotopic (exact) mass is 387 g/mol. The lowest BCUT2D eigenvalue weighted by Crippen LogP contribution is -2.31. The van der Waals surface area contributed by atoms with Gasteiger partial charge in [0.2, 0.25) is 6.79 Å². The first-order chi connectivity index (χ1) is 13.5. The van der Waals surface area contributed by atoms with Crippen molar-refractivity contribution >= 4 is 11.9 Å². The summed E-state index contributed by atoms with van der Waals surface area (Å²) in [5, 5.41) is 2.76. The van der Waals surface area contributed by atoms with Crippen molar-refractivity contribution in [3.63, 3.8) is 0 Å². The van der Waals surface area contributed by atoms with Crippen LogP contribution in [0.2, 0.25) is 0 Å². The molecule has 1 amide bonds. The molecule has 0 radical (unpaired) electrons. The Bertz CT molecular complexity index is 835. The van der Waals surface area contributed by atoms with E-state index in [1.165, 1.54) is 0 Å². The highest BCUT2D eigenvalue weighted by molar-refractivity contribution is 5.81. The number of methoxy groups -OCH3 is 1. The van der Waals surface area contributed by atoms with E-state index < -0.39 is 11.9 Å². The van der Waals surface area contributed by atoms with E-state index in [1.54, 1.807) is 37.4 Å². The number of ether oxygens (including phenoxy) is 5. The van der Waals surface area contributed by atoms with Gasteiger partial charge in [0.15, 0.2) is 24.7 Å². The summed E-state index contributed by atoms with van der Waals surface area (Å²) in [7, 11) is 1.56. The van der Waals surface area contributed by atoms with Crippen molar-refractivity contribution in [1.82, 2.24) is 5.32 Å². The van der Waals surface area contributed by atoms with Crippen LogP contribution in [0.15, 0.2) is 42.5 Å². The van der Waals surface area contributed by atoms with E-state index in [2.05, 4.69) is 5.32 Å². The van der Waals surface area contributed by atoms with Gasteiger partial charge >= 0.3 is 5.97 Å². The standard InChI is InChI=1S/C20H21NO7/c1-13(14-3-8-17-18(9-14)28-12-27-17)21-19(22)10-26-20(23)11-25-16-6-4-15(24-2)5-7-16/h3-9,13H,10-12H2,1-2H3,(H,21,22)/t13-/m1/s1. The number of nitrogens with one attached hydrogen (secondary N) is 1. The highest BCUT2D eigenvalue weighted by Crippen LogP contribution is 2.34. The van der Waals surface area contributed by atoms with Gasteiger partial charge in [-0.1, -0.05) is 6.07 Å². The van der Waals surface area contributed by atoms with Crippen molar-refractivity contribution in [2.75, 3.05) is 27.1 Å². The molecule has 1 atom stereocenters. The lowest BCUT2D eigenvalue weighted by atomic mass is 10.1. The molecule has 0 unspecified atom stereocenters. The lowest BCUT2D eigenvalue weighted by molar-refractivity contribution is -0.150. The van der Waals surface area contributed by atoms with E-state index in [4.69, 9.17) is 23.7 Å². The second-order valence-electron chi connectivity index (χ2n) is 6.03. The van der Waals surface area contributed by atoms with Crippen LogP contribution in [0.3, 0.4) is 0 Å². The van der Waals surface area contributed by atoms with Gasteiger partial charge in [-0.05, 0) is 48.9 Å². The number of hydrogen-bond acceptors (Lipinski definition) is 7. The molecule has 28 heavy (non-hydrogen) atoms. The first-order valence-corrected chi connectivity index (χ1v) is 8.66. The first kappa shape index (κ1) is 19.3. The van der Waals surface area contributed by atoms with Crippen molar-refractivity contribution < 1.29 is 33.3 Å². The highest BCUT2D eigenvalue weighted by atomic mass is 16.7. The van der Waals surface area contributed by atoms with Crippen LogP contribution in [0.1, 0.15) is 18.5 Å². The Labute approximate surface area is 162 Å². The van der Waals surface area contributed by atoms with Crippen LogP contribution in [0.25, 0.3) is 0 Å². The summed E-state index contributed by atoms with van der Waals surface area (Å²) in [5.74, 6) is 1.44. The molecule has 1 aliphatic rings. The fourth-order valence-electron chi connectivity index (χ4n) is 2.55. The van der Waals surface area contributed by atoms with Crippen molar-refractivity contribution in [2.45, 2.75) is 13.0 Å². The predicted octanol–water partition coefficient (Wildman–Crippen LogP) is 2.22. The number of hydrogen-bond donors (Lipinski definition) is 1. The molecule has 0 fully saturated rings. The summed E-state index contributed by atoms with van der Waals surface area (Å²) < 4.78 is 25.9. The number of benzene rings is 2. The van der Waals surface area contributed by atoms with Crippen LogP contribution >= 0.6 is 0 Å². The number of carbonyl (C=O) groups excluding carboxylic acids is 2. The molecule has 0 bridgehead atoms. The zero-order chi connectivity index (χ0) is 19.9. The SMILES string of the molecule is COc1ccc(OCC(=O)OCC(=O)N[C@H](C)c2ccc3c(c2)OCO3)cc1. The van der Waals surface area contributed by atoms with Gasteiger partial charge in [0.25, 0.3) is 5.91 Å². The third-order valence-corrected chi connectivity index (χ3v) is 4.05. The zero-order valence-electron chi connectivity index (χ0n) is 15.6. The van der Waals surface area contributed by atoms with Crippen LogP contribution in [-0.2, 0) is 14.3 Å². The van der Waals surface area contributed by atoms with Gasteiger partial charge in [0, 0.05) is 0 Å². The number of esters is 1. The minimum absolute atomic E-state index is 0.189. The Balaban J connectivity index is 1.40. The summed E-state index contributed by atoms with van der Waals surface area (Å²) in [6, 6.07) is 11.9. The average molecular weight is 387 g/mol. The third kappa shape index (κ3) is 5.06. The fraction of sp³-hybridized carbons (Fsp3) is 0.300. The van der Waals surface area contributed by atoms with Crippen LogP contribution in [0.4, 0.5) is 0 Å². The van der Waals surface area contributed by atoms with E-state index in [-0.39, 0.29) is 26.0 Å². The van der Waals surface area contributed by atoms with Crippen molar-refractivity contribution in [3.8, 4) is 23.0 Å². The van der Waals surface area contributed by atoms with Crippen molar-refractivity contribution in [2.24, 2.45) is 0 Å². The molecule has 2 aromatic carbocycles. The Hall–Kier alpha value is -3.42. The third-order valence-electron chi connectivity index (χ3n) is 4.05. The summed E-state index contributed by atoms with van der Waals surface area (Å²) in [5.41, 5.74) is 0.853. The number of rotatable bonds is 8. The molecule has 1 aliphatic heterocycles. The molecule has 8 heteroatoms. The molecular formula is C20H21NO7. The predicted molar refractivity (Wildman–Crippen MR) is 98.6 cm³/mol. The molecule has 0 spiro atoms. The smallest absolute Gasteiger partial charge is 0.344 e. The van der Waals surface area contributed by atoms with Crippen LogP contribution in [0.5, 0.6) is 23.0 Å². The van der Waals surface area contributed by atoms with Gasteiger partial charge in [-0.3, -0.25) is 4.79 Å². The molecule has 148 valence electrons. The maximum absolute atomic E-state index is 12.0. The second kappa shape index (κ2) is 8.98. The highest BCUT2D eigenvalue weighted by Gasteiger charge is 2.17. The first-order valence-electron chi connectivity index (χ1n) is 8.66. The summed E-state index contributed by atoms with van der Waals surface area (Å²) >= 11 is 0. The minimum atomic E-state index is -0.637. The quantitative estimate of drug-likeness (QED) is 0.695. The van der Waals surface area contributed by atoms with E-state index >= 15 is 0 Å². The summed E-state index contributed by atoms with van der Waals surface area (Å²) in [4.78, 5) is 23.8. The van der Waals surface area contributed by atoms with Gasteiger partial charge in [0.1, 0.15) is 11.5 Å². The van der Waals surface area contributed by atoms with Gasteiger partial charge in [0.05, 0.1) is 13.2 Å². The molecule has 0 aromatic heterocycles. The molecule has 0 aliphatic carbocycles. The van der Waals surface area contributed by atoms with E-state index in [0.717, 1.165) is 5.56 Å². The maximum Gasteiger partial charge on any atom is 0.344 e. The number of carbonyl (C=O) groups is 2. The van der Waals surface area contributed by atoms with Crippen LogP contribution < -0.4 is 24.3 Å². The fourth-order valence-corrected chi connectivity index (χ4v) is 2.55. The van der Waals surface area contributed by atoms with Crippen LogP contribution in [0, 0.1) is 0 Å². The normalized spacial score (nSPS) is 12.8. The van der Waals surface area contributed by atoms with Gasteiger partial charge in [-0.25, -0.2) is 4.79 Å². The average Bonchev–Trinajstić information content (AvgIpc) is 3.19. The topological polar surface area (TPSA) is 92.3 Å². The molecule has 0 saturated carbocycles. The van der Waals surface area contributed by atoms with E-state index in [0.29, 0.717) is 23.0 Å². The number of amides is 1. The largest absolute Gasteiger partial charge is 0.497 e. The molecule has 1 N–H and O–H groups in total. The number of fused-ring (bicyclic) bond motifs is 1. The van der Waals surface area contributed by atoms with Crippen molar-refractivity contribution in [3.05, 3.63) is 48.0 Å². The molecule has 3 rings (SSSR count). The molecule has 2 aromatic rings. The molecule has 8 nitrogen and oxygen atoms in total. The summed E-state index contributed by atoms with van der Waals surface area (Å²) in [6.07, 6.45) is 0. The van der Waals surface area contributed by atoms with Gasteiger partial charge < -0.3 is 29.0 Å². The second-order valence-corrected chi connectivity index (χ2v) is 6.03. The molecule has 1 heterocycles. The van der Waals surface area contributed by atoms with Gasteiger partial charge in [-0.15, -0.1) is 0 Å². The Morgan fingerprint density at radius 1 is 1.04 bits per heavy atom. The van der Waals surface area contributed by atoms with Crippen LogP contribution in [-0.4, -0.2) is 39.0 Å². The molecular weight excluding hydrogens is 366 g/mol. The lowest BCUT2D eigenvalue weighted by Gasteiger charge is -2.15. The molecule has 0 saturated heterocycles. The van der Waals surface area contributed by atoms with E-state index in [9.17, 15) is 9.59 Å². The van der Waals surface area contributed by atoms with Crippen molar-refractivity contribution in [1.29, 1.82) is 0 Å². The minimum Gasteiger partial charge on any atom is -0.497 e. The Kier molecular flexibility index (Phi) is 6.21. The maximum atomic E-state index is 12.0. The summed E-state index contributed by atoms with van der Waals surface area (Å²) in [6.45, 7) is 1.33. The van der Waals surface area contributed by atoms with E-state index in [1.807, 2.05) is 19.1 Å².